The summed E-state index contributed by atoms with van der Waals surface area (Å²) in [6.45, 7) is 0. The fourth-order valence-corrected chi connectivity index (χ4v) is 2.70. The molecule has 0 aliphatic rings. The van der Waals surface area contributed by atoms with Crippen molar-refractivity contribution < 1.29 is 9.18 Å². The lowest BCUT2D eigenvalue weighted by Gasteiger charge is -2.11. The fraction of sp³-hybridized carbons (Fsp3) is 0. The standard InChI is InChI=1S/C14H9Br2FN2OS/c15-8-1-2-12(11(6-8)13(18)21)19-14(20)7-3-9(16)5-10(17)4-7/h1-6H,(H2,18,21)(H,19,20). The van der Waals surface area contributed by atoms with Crippen LogP contribution < -0.4 is 11.1 Å². The fourth-order valence-electron chi connectivity index (χ4n) is 1.71. The molecule has 0 radical (unpaired) electrons. The summed E-state index contributed by atoms with van der Waals surface area (Å²) in [6.07, 6.45) is 0. The third kappa shape index (κ3) is 4.09. The maximum atomic E-state index is 13.3. The number of rotatable bonds is 3. The lowest BCUT2D eigenvalue weighted by Crippen LogP contribution is -2.17. The van der Waals surface area contributed by atoms with Gasteiger partial charge in [-0.2, -0.15) is 0 Å². The van der Waals surface area contributed by atoms with Crippen molar-refractivity contribution in [3.63, 3.8) is 0 Å². The second-order valence-electron chi connectivity index (χ2n) is 4.17. The number of anilines is 1. The molecular formula is C14H9Br2FN2OS. The number of nitrogens with one attached hydrogen (secondary N) is 1. The number of halogens is 3. The van der Waals surface area contributed by atoms with E-state index in [0.29, 0.717) is 15.7 Å². The summed E-state index contributed by atoms with van der Waals surface area (Å²) < 4.78 is 14.6. The maximum absolute atomic E-state index is 13.3. The van der Waals surface area contributed by atoms with E-state index < -0.39 is 11.7 Å². The van der Waals surface area contributed by atoms with E-state index in [0.717, 1.165) is 10.5 Å². The average molecular weight is 432 g/mol. The molecule has 0 bridgehead atoms. The van der Waals surface area contributed by atoms with E-state index in [1.165, 1.54) is 12.1 Å². The topological polar surface area (TPSA) is 55.1 Å². The largest absolute Gasteiger partial charge is 0.389 e. The van der Waals surface area contributed by atoms with Gasteiger partial charge >= 0.3 is 0 Å². The molecule has 0 spiro atoms. The van der Waals surface area contributed by atoms with E-state index in [1.54, 1.807) is 18.2 Å². The van der Waals surface area contributed by atoms with Crippen molar-refractivity contribution in [3.05, 3.63) is 62.3 Å². The van der Waals surface area contributed by atoms with Gasteiger partial charge in [-0.05, 0) is 36.4 Å². The highest BCUT2D eigenvalue weighted by molar-refractivity contribution is 9.10. The van der Waals surface area contributed by atoms with Crippen LogP contribution >= 0.6 is 44.1 Å². The summed E-state index contributed by atoms with van der Waals surface area (Å²) in [5, 5.41) is 2.68. The maximum Gasteiger partial charge on any atom is 0.255 e. The summed E-state index contributed by atoms with van der Waals surface area (Å²) in [5.74, 6) is -0.949. The van der Waals surface area contributed by atoms with Gasteiger partial charge in [-0.1, -0.05) is 44.1 Å². The monoisotopic (exact) mass is 430 g/mol. The molecule has 0 aliphatic heterocycles. The third-order valence-corrected chi connectivity index (χ3v) is 3.79. The lowest BCUT2D eigenvalue weighted by atomic mass is 10.1. The molecule has 108 valence electrons. The Labute approximate surface area is 143 Å². The molecule has 7 heteroatoms. The second kappa shape index (κ2) is 6.64. The number of carbonyl (C=O) groups excluding carboxylic acids is 1. The molecule has 3 N–H and O–H groups in total. The molecule has 0 unspecified atom stereocenters. The number of amides is 1. The molecule has 1 amide bonds. The Balaban J connectivity index is 2.33. The summed E-state index contributed by atoms with van der Waals surface area (Å²) >= 11 is 11.4. The normalized spacial score (nSPS) is 10.2. The van der Waals surface area contributed by atoms with Gasteiger partial charge in [0.2, 0.25) is 0 Å². The Morgan fingerprint density at radius 1 is 1.14 bits per heavy atom. The summed E-state index contributed by atoms with van der Waals surface area (Å²) in [5.41, 5.74) is 6.83. The smallest absolute Gasteiger partial charge is 0.255 e. The number of benzene rings is 2. The Morgan fingerprint density at radius 3 is 2.48 bits per heavy atom. The van der Waals surface area contributed by atoms with Crippen LogP contribution in [0.1, 0.15) is 15.9 Å². The number of hydrogen-bond donors (Lipinski definition) is 2. The molecule has 0 atom stereocenters. The van der Waals surface area contributed by atoms with E-state index in [4.69, 9.17) is 18.0 Å². The van der Waals surface area contributed by atoms with E-state index in [9.17, 15) is 9.18 Å². The summed E-state index contributed by atoms with van der Waals surface area (Å²) in [4.78, 5) is 12.3. The highest BCUT2D eigenvalue weighted by atomic mass is 79.9. The number of hydrogen-bond acceptors (Lipinski definition) is 2. The van der Waals surface area contributed by atoms with Crippen LogP contribution in [0.3, 0.4) is 0 Å². The van der Waals surface area contributed by atoms with Crippen molar-refractivity contribution in [2.75, 3.05) is 5.32 Å². The molecule has 0 heterocycles. The van der Waals surface area contributed by atoms with Crippen molar-refractivity contribution in [1.29, 1.82) is 0 Å². The van der Waals surface area contributed by atoms with Gasteiger partial charge in [0.25, 0.3) is 5.91 Å². The van der Waals surface area contributed by atoms with Gasteiger partial charge in [0.1, 0.15) is 10.8 Å². The molecule has 3 nitrogen and oxygen atoms in total. The number of thiocarbonyl (C=S) groups is 1. The SMILES string of the molecule is NC(=S)c1cc(Br)ccc1NC(=O)c1cc(F)cc(Br)c1. The molecule has 0 saturated carbocycles. The van der Waals surface area contributed by atoms with Crippen molar-refractivity contribution >= 4 is 60.7 Å². The molecule has 0 fully saturated rings. The van der Waals surface area contributed by atoms with Crippen LogP contribution in [0.15, 0.2) is 45.3 Å². The minimum atomic E-state index is -0.500. The first kappa shape index (κ1) is 16.1. The second-order valence-corrected chi connectivity index (χ2v) is 6.44. The van der Waals surface area contributed by atoms with E-state index in [1.807, 2.05) is 0 Å². The first-order chi connectivity index (χ1) is 9.86. The molecule has 2 aromatic rings. The first-order valence-electron chi connectivity index (χ1n) is 5.73. The van der Waals surface area contributed by atoms with Crippen LogP contribution in [-0.4, -0.2) is 10.9 Å². The van der Waals surface area contributed by atoms with Gasteiger partial charge in [0.15, 0.2) is 0 Å². The van der Waals surface area contributed by atoms with Crippen LogP contribution in [-0.2, 0) is 0 Å². The van der Waals surface area contributed by atoms with Crippen molar-refractivity contribution in [1.82, 2.24) is 0 Å². The average Bonchev–Trinajstić information content (AvgIpc) is 2.39. The van der Waals surface area contributed by atoms with Crippen molar-refractivity contribution in [2.24, 2.45) is 5.73 Å². The van der Waals surface area contributed by atoms with Gasteiger partial charge in [-0.15, -0.1) is 0 Å². The van der Waals surface area contributed by atoms with Crippen LogP contribution in [0, 0.1) is 5.82 Å². The molecule has 2 rings (SSSR count). The zero-order valence-electron chi connectivity index (χ0n) is 10.5. The highest BCUT2D eigenvalue weighted by Gasteiger charge is 2.12. The highest BCUT2D eigenvalue weighted by Crippen LogP contribution is 2.22. The zero-order valence-corrected chi connectivity index (χ0v) is 14.5. The quantitative estimate of drug-likeness (QED) is 0.714. The first-order valence-corrected chi connectivity index (χ1v) is 7.73. The van der Waals surface area contributed by atoms with Gasteiger partial charge < -0.3 is 11.1 Å². The Hall–Kier alpha value is -1.31. The molecule has 2 aromatic carbocycles. The third-order valence-electron chi connectivity index (χ3n) is 2.62. The predicted octanol–water partition coefficient (Wildman–Crippen LogP) is 4.24. The van der Waals surface area contributed by atoms with Gasteiger partial charge in [0.05, 0.1) is 5.69 Å². The number of carbonyl (C=O) groups is 1. The summed E-state index contributed by atoms with van der Waals surface area (Å²) in [7, 11) is 0. The van der Waals surface area contributed by atoms with Crippen LogP contribution in [0.4, 0.5) is 10.1 Å². The van der Waals surface area contributed by atoms with E-state index >= 15 is 0 Å². The van der Waals surface area contributed by atoms with Crippen molar-refractivity contribution in [3.8, 4) is 0 Å². The molecule has 0 aliphatic carbocycles. The van der Waals surface area contributed by atoms with Gasteiger partial charge in [-0.25, -0.2) is 4.39 Å². The molecule has 0 saturated heterocycles. The molecular weight excluding hydrogens is 423 g/mol. The minimum Gasteiger partial charge on any atom is -0.389 e. The molecule has 21 heavy (non-hydrogen) atoms. The molecule has 0 aromatic heterocycles. The van der Waals surface area contributed by atoms with Gasteiger partial charge in [0, 0.05) is 20.1 Å². The van der Waals surface area contributed by atoms with Crippen LogP contribution in [0.5, 0.6) is 0 Å². The number of nitrogens with two attached hydrogens (primary N) is 1. The van der Waals surface area contributed by atoms with Gasteiger partial charge in [-0.3, -0.25) is 4.79 Å². The Bertz CT molecular complexity index is 717. The Morgan fingerprint density at radius 2 is 1.86 bits per heavy atom. The Kier molecular flexibility index (Phi) is 5.08. The van der Waals surface area contributed by atoms with Crippen LogP contribution in [0.2, 0.25) is 0 Å². The summed E-state index contributed by atoms with van der Waals surface area (Å²) in [6, 6.07) is 9.08. The zero-order chi connectivity index (χ0) is 15.6. The van der Waals surface area contributed by atoms with Crippen LogP contribution in [0.25, 0.3) is 0 Å². The minimum absolute atomic E-state index is 0.159. The predicted molar refractivity (Wildman–Crippen MR) is 92.1 cm³/mol. The van der Waals surface area contributed by atoms with E-state index in [2.05, 4.69) is 37.2 Å². The lowest BCUT2D eigenvalue weighted by molar-refractivity contribution is 0.102. The van der Waals surface area contributed by atoms with Crippen molar-refractivity contribution in [2.45, 2.75) is 0 Å². The van der Waals surface area contributed by atoms with E-state index in [-0.39, 0.29) is 10.6 Å².